The van der Waals surface area contributed by atoms with Crippen molar-refractivity contribution in [2.24, 2.45) is 0 Å². The zero-order valence-electron chi connectivity index (χ0n) is 9.70. The van der Waals surface area contributed by atoms with E-state index in [9.17, 15) is 5.11 Å². The maximum atomic E-state index is 9.76. The summed E-state index contributed by atoms with van der Waals surface area (Å²) < 4.78 is 0. The molecule has 0 bridgehead atoms. The molecule has 0 amide bonds. The van der Waals surface area contributed by atoms with E-state index >= 15 is 0 Å². The molecule has 0 aliphatic rings. The molecular formula is C10H24N2O2. The van der Waals surface area contributed by atoms with E-state index in [4.69, 9.17) is 5.11 Å². The summed E-state index contributed by atoms with van der Waals surface area (Å²) in [6.45, 7) is 4.81. The summed E-state index contributed by atoms with van der Waals surface area (Å²) in [5.41, 5.74) is 0. The standard InChI is InChI=1S/C10H24N2O2/c1-8(2)11-9(7-13)10(14)5-6-12(3)4/h8-11,13-14H,5-7H2,1-4H3. The Morgan fingerprint density at radius 3 is 2.21 bits per heavy atom. The van der Waals surface area contributed by atoms with Gasteiger partial charge in [-0.05, 0) is 20.5 Å². The molecule has 0 aliphatic carbocycles. The summed E-state index contributed by atoms with van der Waals surface area (Å²) >= 11 is 0. The smallest absolute Gasteiger partial charge is 0.0727 e. The van der Waals surface area contributed by atoms with Gasteiger partial charge in [0.15, 0.2) is 0 Å². The van der Waals surface area contributed by atoms with Gasteiger partial charge in [0, 0.05) is 12.6 Å². The quantitative estimate of drug-likeness (QED) is 0.531. The summed E-state index contributed by atoms with van der Waals surface area (Å²) in [7, 11) is 3.94. The fourth-order valence-electron chi connectivity index (χ4n) is 1.31. The first-order valence-electron chi connectivity index (χ1n) is 5.17. The molecule has 14 heavy (non-hydrogen) atoms. The molecule has 0 aromatic carbocycles. The SMILES string of the molecule is CC(C)NC(CO)C(O)CCN(C)C. The number of hydrogen-bond acceptors (Lipinski definition) is 4. The molecule has 2 atom stereocenters. The third-order valence-corrected chi connectivity index (χ3v) is 2.08. The van der Waals surface area contributed by atoms with Crippen LogP contribution in [0.5, 0.6) is 0 Å². The van der Waals surface area contributed by atoms with Crippen molar-refractivity contribution >= 4 is 0 Å². The van der Waals surface area contributed by atoms with Crippen LogP contribution in [0.1, 0.15) is 20.3 Å². The fourth-order valence-corrected chi connectivity index (χ4v) is 1.31. The van der Waals surface area contributed by atoms with Crippen LogP contribution in [0.15, 0.2) is 0 Å². The first-order valence-corrected chi connectivity index (χ1v) is 5.17. The normalized spacial score (nSPS) is 16.3. The Balaban J connectivity index is 3.84. The van der Waals surface area contributed by atoms with Gasteiger partial charge in [-0.2, -0.15) is 0 Å². The average Bonchev–Trinajstić information content (AvgIpc) is 2.09. The molecule has 0 aliphatic heterocycles. The monoisotopic (exact) mass is 204 g/mol. The summed E-state index contributed by atoms with van der Waals surface area (Å²) in [6, 6.07) is 0.0658. The second-order valence-corrected chi connectivity index (χ2v) is 4.27. The van der Waals surface area contributed by atoms with Gasteiger partial charge in [-0.15, -0.1) is 0 Å². The van der Waals surface area contributed by atoms with Gasteiger partial charge >= 0.3 is 0 Å². The Labute approximate surface area is 86.9 Å². The van der Waals surface area contributed by atoms with Crippen molar-refractivity contribution in [1.29, 1.82) is 0 Å². The highest BCUT2D eigenvalue weighted by Gasteiger charge is 2.18. The molecular weight excluding hydrogens is 180 g/mol. The van der Waals surface area contributed by atoms with Crippen LogP contribution < -0.4 is 5.32 Å². The van der Waals surface area contributed by atoms with Crippen LogP contribution in [-0.4, -0.2) is 60.5 Å². The minimum Gasteiger partial charge on any atom is -0.395 e. The molecule has 4 heteroatoms. The molecule has 0 saturated carbocycles. The molecule has 3 N–H and O–H groups in total. The lowest BCUT2D eigenvalue weighted by molar-refractivity contribution is 0.0735. The molecule has 0 rings (SSSR count). The lowest BCUT2D eigenvalue weighted by Crippen LogP contribution is -2.46. The highest BCUT2D eigenvalue weighted by molar-refractivity contribution is 4.77. The zero-order valence-corrected chi connectivity index (χ0v) is 9.70. The van der Waals surface area contributed by atoms with Gasteiger partial charge in [-0.3, -0.25) is 0 Å². The summed E-state index contributed by atoms with van der Waals surface area (Å²) in [5, 5.41) is 22.0. The summed E-state index contributed by atoms with van der Waals surface area (Å²) in [5.74, 6) is 0. The molecule has 86 valence electrons. The van der Waals surface area contributed by atoms with Crippen LogP contribution in [0, 0.1) is 0 Å². The van der Waals surface area contributed by atoms with E-state index in [1.54, 1.807) is 0 Å². The second-order valence-electron chi connectivity index (χ2n) is 4.27. The molecule has 0 heterocycles. The van der Waals surface area contributed by atoms with E-state index in [0.717, 1.165) is 6.54 Å². The third-order valence-electron chi connectivity index (χ3n) is 2.08. The molecule has 4 nitrogen and oxygen atoms in total. The maximum Gasteiger partial charge on any atom is 0.0727 e. The number of aliphatic hydroxyl groups is 2. The van der Waals surface area contributed by atoms with Crippen molar-refractivity contribution in [3.8, 4) is 0 Å². The molecule has 0 fully saturated rings. The van der Waals surface area contributed by atoms with Gasteiger partial charge in [0.25, 0.3) is 0 Å². The first-order chi connectivity index (χ1) is 6.47. The van der Waals surface area contributed by atoms with E-state index in [-0.39, 0.29) is 18.7 Å². The van der Waals surface area contributed by atoms with E-state index in [2.05, 4.69) is 5.32 Å². The topological polar surface area (TPSA) is 55.7 Å². The van der Waals surface area contributed by atoms with Gasteiger partial charge in [0.2, 0.25) is 0 Å². The highest BCUT2D eigenvalue weighted by atomic mass is 16.3. The van der Waals surface area contributed by atoms with Crippen LogP contribution in [0.25, 0.3) is 0 Å². The van der Waals surface area contributed by atoms with Gasteiger partial charge in [-0.1, -0.05) is 13.8 Å². The van der Waals surface area contributed by atoms with Crippen molar-refractivity contribution in [1.82, 2.24) is 10.2 Å². The van der Waals surface area contributed by atoms with Crippen LogP contribution in [-0.2, 0) is 0 Å². The Kier molecular flexibility index (Phi) is 7.09. The number of aliphatic hydroxyl groups excluding tert-OH is 2. The fraction of sp³-hybridized carbons (Fsp3) is 1.00. The second kappa shape index (κ2) is 7.17. The van der Waals surface area contributed by atoms with Crippen LogP contribution in [0.3, 0.4) is 0 Å². The number of hydrogen-bond donors (Lipinski definition) is 3. The van der Waals surface area contributed by atoms with Crippen molar-refractivity contribution in [3.05, 3.63) is 0 Å². The predicted octanol–water partition coefficient (Wildman–Crippen LogP) is -0.342. The highest BCUT2D eigenvalue weighted by Crippen LogP contribution is 2.01. The van der Waals surface area contributed by atoms with Crippen LogP contribution in [0.4, 0.5) is 0 Å². The number of nitrogens with zero attached hydrogens (tertiary/aromatic N) is 1. The zero-order chi connectivity index (χ0) is 11.1. The van der Waals surface area contributed by atoms with Gasteiger partial charge in [0.1, 0.15) is 0 Å². The number of rotatable bonds is 7. The molecule has 0 aromatic heterocycles. The maximum absolute atomic E-state index is 9.76. The third kappa shape index (κ3) is 6.32. The lowest BCUT2D eigenvalue weighted by atomic mass is 10.1. The lowest BCUT2D eigenvalue weighted by Gasteiger charge is -2.25. The Bertz CT molecular complexity index is 140. The van der Waals surface area contributed by atoms with Crippen LogP contribution >= 0.6 is 0 Å². The van der Waals surface area contributed by atoms with E-state index < -0.39 is 6.10 Å². The Morgan fingerprint density at radius 2 is 1.86 bits per heavy atom. The van der Waals surface area contributed by atoms with Gasteiger partial charge in [0.05, 0.1) is 18.8 Å². The molecule has 2 unspecified atom stereocenters. The van der Waals surface area contributed by atoms with Crippen molar-refractivity contribution in [3.63, 3.8) is 0 Å². The summed E-state index contributed by atoms with van der Waals surface area (Å²) in [6.07, 6.45) is 0.197. The van der Waals surface area contributed by atoms with Crippen molar-refractivity contribution in [2.75, 3.05) is 27.2 Å². The van der Waals surface area contributed by atoms with Gasteiger partial charge in [-0.25, -0.2) is 0 Å². The van der Waals surface area contributed by atoms with E-state index in [1.165, 1.54) is 0 Å². The van der Waals surface area contributed by atoms with E-state index in [0.29, 0.717) is 6.42 Å². The van der Waals surface area contributed by atoms with Crippen LogP contribution in [0.2, 0.25) is 0 Å². The predicted molar refractivity (Wildman–Crippen MR) is 58.3 cm³/mol. The molecule has 0 spiro atoms. The van der Waals surface area contributed by atoms with Crippen molar-refractivity contribution in [2.45, 2.75) is 38.5 Å². The minimum absolute atomic E-state index is 0.0211. The molecule has 0 radical (unpaired) electrons. The molecule has 0 saturated heterocycles. The Hall–Kier alpha value is -0.160. The first kappa shape index (κ1) is 13.8. The van der Waals surface area contributed by atoms with Crippen molar-refractivity contribution < 1.29 is 10.2 Å². The minimum atomic E-state index is -0.482. The summed E-state index contributed by atoms with van der Waals surface area (Å²) in [4.78, 5) is 2.02. The average molecular weight is 204 g/mol. The largest absolute Gasteiger partial charge is 0.395 e. The van der Waals surface area contributed by atoms with E-state index in [1.807, 2.05) is 32.8 Å². The van der Waals surface area contributed by atoms with Gasteiger partial charge < -0.3 is 20.4 Å². The molecule has 0 aromatic rings. The number of nitrogens with one attached hydrogen (secondary N) is 1. The Morgan fingerprint density at radius 1 is 1.29 bits per heavy atom.